The minimum atomic E-state index is -0.0806. The fourth-order valence-electron chi connectivity index (χ4n) is 6.85. The third-order valence-corrected chi connectivity index (χ3v) is 8.89. The van der Waals surface area contributed by atoms with Crippen LogP contribution < -0.4 is 0 Å². The Morgan fingerprint density at radius 2 is 1.13 bits per heavy atom. The normalized spacial score (nSPS) is 17.9. The quantitative estimate of drug-likeness (QED) is 0.157. The topological polar surface area (TPSA) is 6.48 Å². The zero-order chi connectivity index (χ0) is 27.8. The SMILES string of the molecule is CCCCCCCCCCCCCCCN1C=CN(C(C)C)C1(Cc1ccccc1)C(CC)c1ccccc1. The second-order valence-corrected chi connectivity index (χ2v) is 12.1. The molecule has 2 aromatic carbocycles. The van der Waals surface area contributed by atoms with Crippen LogP contribution in [0.15, 0.2) is 73.1 Å². The van der Waals surface area contributed by atoms with E-state index in [2.05, 4.69) is 111 Å². The van der Waals surface area contributed by atoms with Gasteiger partial charge in [0.05, 0.1) is 0 Å². The molecule has 2 heteroatoms. The van der Waals surface area contributed by atoms with Crippen molar-refractivity contribution in [3.8, 4) is 0 Å². The van der Waals surface area contributed by atoms with Crippen molar-refractivity contribution in [1.82, 2.24) is 9.80 Å². The second kappa shape index (κ2) is 17.5. The van der Waals surface area contributed by atoms with Crippen molar-refractivity contribution in [1.29, 1.82) is 0 Å². The van der Waals surface area contributed by atoms with Crippen LogP contribution in [0.2, 0.25) is 0 Å². The molecular weight excluding hydrogens is 472 g/mol. The highest BCUT2D eigenvalue weighted by atomic mass is 15.4. The molecule has 0 N–H and O–H groups in total. The van der Waals surface area contributed by atoms with Gasteiger partial charge in [-0.05, 0) is 37.8 Å². The molecule has 1 heterocycles. The van der Waals surface area contributed by atoms with E-state index in [1.165, 1.54) is 94.6 Å². The highest BCUT2D eigenvalue weighted by molar-refractivity contribution is 5.30. The molecule has 1 aliphatic rings. The molecule has 0 spiro atoms. The Bertz CT molecular complexity index is 906. The molecule has 0 bridgehead atoms. The van der Waals surface area contributed by atoms with E-state index in [0.29, 0.717) is 12.0 Å². The van der Waals surface area contributed by atoms with Crippen molar-refractivity contribution in [3.05, 3.63) is 84.2 Å². The van der Waals surface area contributed by atoms with Crippen molar-refractivity contribution >= 4 is 0 Å². The molecule has 2 nitrogen and oxygen atoms in total. The third-order valence-electron chi connectivity index (χ3n) is 8.89. The van der Waals surface area contributed by atoms with Crippen LogP contribution in [0, 0.1) is 0 Å². The average molecular weight is 531 g/mol. The van der Waals surface area contributed by atoms with Crippen molar-refractivity contribution in [2.45, 2.75) is 142 Å². The first-order valence-electron chi connectivity index (χ1n) is 16.5. The lowest BCUT2D eigenvalue weighted by Gasteiger charge is -2.53. The number of hydrogen-bond donors (Lipinski definition) is 0. The van der Waals surface area contributed by atoms with Crippen LogP contribution in [0.4, 0.5) is 0 Å². The first-order valence-corrected chi connectivity index (χ1v) is 16.5. The van der Waals surface area contributed by atoms with E-state index in [-0.39, 0.29) is 5.66 Å². The van der Waals surface area contributed by atoms with E-state index in [1.54, 1.807) is 0 Å². The molecule has 0 amide bonds. The summed E-state index contributed by atoms with van der Waals surface area (Å²) in [6.45, 7) is 10.5. The molecule has 0 radical (unpaired) electrons. The Labute approximate surface area is 241 Å². The van der Waals surface area contributed by atoms with Gasteiger partial charge in [-0.15, -0.1) is 0 Å². The van der Waals surface area contributed by atoms with Gasteiger partial charge in [0.15, 0.2) is 0 Å². The highest BCUT2D eigenvalue weighted by Gasteiger charge is 2.50. The van der Waals surface area contributed by atoms with Crippen LogP contribution in [-0.4, -0.2) is 28.0 Å². The van der Waals surface area contributed by atoms with Gasteiger partial charge in [0.1, 0.15) is 5.66 Å². The molecular formula is C37H58N2. The monoisotopic (exact) mass is 530 g/mol. The zero-order valence-corrected chi connectivity index (χ0v) is 25.8. The average Bonchev–Trinajstić information content (AvgIpc) is 3.31. The van der Waals surface area contributed by atoms with Crippen LogP contribution in [-0.2, 0) is 6.42 Å². The van der Waals surface area contributed by atoms with Crippen LogP contribution in [0.1, 0.15) is 135 Å². The summed E-state index contributed by atoms with van der Waals surface area (Å²) in [7, 11) is 0. The van der Waals surface area contributed by atoms with Gasteiger partial charge in [-0.3, -0.25) is 0 Å². The summed E-state index contributed by atoms with van der Waals surface area (Å²) in [6, 6.07) is 22.9. The number of hydrogen-bond acceptors (Lipinski definition) is 2. The Morgan fingerprint density at radius 3 is 1.64 bits per heavy atom. The molecule has 3 rings (SSSR count). The van der Waals surface area contributed by atoms with Crippen molar-refractivity contribution < 1.29 is 0 Å². The highest BCUT2D eigenvalue weighted by Crippen LogP contribution is 2.46. The summed E-state index contributed by atoms with van der Waals surface area (Å²) in [4.78, 5) is 5.39. The summed E-state index contributed by atoms with van der Waals surface area (Å²) in [5, 5.41) is 0. The van der Waals surface area contributed by atoms with Crippen LogP contribution >= 0.6 is 0 Å². The van der Waals surface area contributed by atoms with E-state index >= 15 is 0 Å². The van der Waals surface area contributed by atoms with E-state index in [0.717, 1.165) is 19.4 Å². The predicted octanol–water partition coefficient (Wildman–Crippen LogP) is 10.7. The fraction of sp³-hybridized carbons (Fsp3) is 0.622. The minimum absolute atomic E-state index is 0.0806. The van der Waals surface area contributed by atoms with Crippen molar-refractivity contribution in [3.63, 3.8) is 0 Å². The minimum Gasteiger partial charge on any atom is -0.353 e. The standard InChI is InChI=1S/C37H58N2/c1-5-7-8-9-10-11-12-13-14-15-16-17-24-29-38-30-31-39(33(3)4)37(38,32-34-25-20-18-21-26-34)36(6-2)35-27-22-19-23-28-35/h18-23,25-28,30-31,33,36H,5-17,24,29,32H2,1-4H3. The van der Waals surface area contributed by atoms with Crippen LogP contribution in [0.5, 0.6) is 0 Å². The Balaban J connectivity index is 1.59. The lowest BCUT2D eigenvalue weighted by molar-refractivity contribution is -0.0191. The van der Waals surface area contributed by atoms with E-state index < -0.39 is 0 Å². The number of nitrogens with zero attached hydrogens (tertiary/aromatic N) is 2. The van der Waals surface area contributed by atoms with Gasteiger partial charge < -0.3 is 9.80 Å². The largest absolute Gasteiger partial charge is 0.353 e. The fourth-order valence-corrected chi connectivity index (χ4v) is 6.85. The molecule has 0 saturated carbocycles. The van der Waals surface area contributed by atoms with Crippen LogP contribution in [0.3, 0.4) is 0 Å². The second-order valence-electron chi connectivity index (χ2n) is 12.1. The van der Waals surface area contributed by atoms with Gasteiger partial charge in [-0.1, -0.05) is 152 Å². The first-order chi connectivity index (χ1) is 19.1. The van der Waals surface area contributed by atoms with Gasteiger partial charge in [-0.2, -0.15) is 0 Å². The van der Waals surface area contributed by atoms with Gasteiger partial charge in [0, 0.05) is 37.3 Å². The lowest BCUT2D eigenvalue weighted by atomic mass is 9.77. The smallest absolute Gasteiger partial charge is 0.123 e. The van der Waals surface area contributed by atoms with Crippen molar-refractivity contribution in [2.75, 3.05) is 6.54 Å². The molecule has 39 heavy (non-hydrogen) atoms. The Kier molecular flexibility index (Phi) is 14.0. The Hall–Kier alpha value is -2.22. The molecule has 216 valence electrons. The Morgan fingerprint density at radius 1 is 0.615 bits per heavy atom. The lowest BCUT2D eigenvalue weighted by Crippen LogP contribution is -2.60. The summed E-state index contributed by atoms with van der Waals surface area (Å²) >= 11 is 0. The maximum absolute atomic E-state index is 2.72. The zero-order valence-electron chi connectivity index (χ0n) is 25.8. The van der Waals surface area contributed by atoms with Crippen molar-refractivity contribution in [2.24, 2.45) is 0 Å². The first kappa shape index (κ1) is 31.3. The number of unbranched alkanes of at least 4 members (excludes halogenated alkanes) is 12. The van der Waals surface area contributed by atoms with Gasteiger partial charge in [-0.25, -0.2) is 0 Å². The van der Waals surface area contributed by atoms with Gasteiger partial charge >= 0.3 is 0 Å². The molecule has 2 atom stereocenters. The molecule has 2 aromatic rings. The number of benzene rings is 2. The summed E-state index contributed by atoms with van der Waals surface area (Å²) in [5.41, 5.74) is 2.81. The van der Waals surface area contributed by atoms with Gasteiger partial charge in [0.2, 0.25) is 0 Å². The molecule has 2 unspecified atom stereocenters. The summed E-state index contributed by atoms with van der Waals surface area (Å²) in [5.74, 6) is 0.429. The van der Waals surface area contributed by atoms with E-state index in [1.807, 2.05) is 0 Å². The van der Waals surface area contributed by atoms with E-state index in [4.69, 9.17) is 0 Å². The molecule has 0 fully saturated rings. The molecule has 0 aliphatic carbocycles. The van der Waals surface area contributed by atoms with Crippen LogP contribution in [0.25, 0.3) is 0 Å². The summed E-state index contributed by atoms with van der Waals surface area (Å²) < 4.78 is 0. The van der Waals surface area contributed by atoms with E-state index in [9.17, 15) is 0 Å². The number of rotatable bonds is 20. The molecule has 0 saturated heterocycles. The predicted molar refractivity (Wildman–Crippen MR) is 171 cm³/mol. The summed E-state index contributed by atoms with van der Waals surface area (Å²) in [6.07, 6.45) is 25.2. The molecule has 0 aromatic heterocycles. The van der Waals surface area contributed by atoms with Gasteiger partial charge in [0.25, 0.3) is 0 Å². The third kappa shape index (κ3) is 9.16. The maximum Gasteiger partial charge on any atom is 0.123 e. The molecule has 1 aliphatic heterocycles. The maximum atomic E-state index is 2.72.